The molecule has 1 aliphatic heterocycles. The molecule has 0 bridgehead atoms. The zero-order valence-corrected chi connectivity index (χ0v) is 13.3. The number of piperazine rings is 1. The molecule has 5 nitrogen and oxygen atoms in total. The molecule has 2 N–H and O–H groups in total. The number of aliphatic hydroxyl groups is 1. The molecule has 0 spiro atoms. The van der Waals surface area contributed by atoms with E-state index in [1.807, 2.05) is 40.5 Å². The number of hydrogen-bond acceptors (Lipinski definition) is 4. The van der Waals surface area contributed by atoms with Gasteiger partial charge in [-0.25, -0.2) is 0 Å². The van der Waals surface area contributed by atoms with E-state index in [0.717, 1.165) is 5.56 Å². The number of nitrogens with zero attached hydrogens (tertiary/aromatic N) is 2. The Morgan fingerprint density at radius 1 is 1.12 bits per heavy atom. The fraction of sp³-hybridized carbons (Fsp3) is 0.562. The van der Waals surface area contributed by atoms with Crippen LogP contribution in [0.15, 0.2) is 30.3 Å². The number of rotatable bonds is 6. The maximum atomic E-state index is 12.0. The minimum Gasteiger partial charge on any atom is -0.387 e. The standard InChI is InChI=1S/C16H22F3N3O2/c17-16(18,19)12-20-15(24)11-22-8-6-21(7-9-22)10-14(23)13-4-2-1-3-5-13/h1-5,14,23H,6-12H2,(H,20,24)/t14-/m1/s1. The molecule has 1 aromatic carbocycles. The summed E-state index contributed by atoms with van der Waals surface area (Å²) >= 11 is 0. The van der Waals surface area contributed by atoms with Gasteiger partial charge in [0.15, 0.2) is 0 Å². The van der Waals surface area contributed by atoms with Crippen LogP contribution < -0.4 is 5.32 Å². The van der Waals surface area contributed by atoms with Crippen molar-refractivity contribution in [1.29, 1.82) is 0 Å². The average Bonchev–Trinajstić information content (AvgIpc) is 2.55. The molecule has 1 heterocycles. The van der Waals surface area contributed by atoms with Crippen molar-refractivity contribution < 1.29 is 23.1 Å². The summed E-state index contributed by atoms with van der Waals surface area (Å²) in [6.45, 7) is 1.66. The molecule has 1 amide bonds. The van der Waals surface area contributed by atoms with Crippen LogP contribution in [0.25, 0.3) is 0 Å². The smallest absolute Gasteiger partial charge is 0.387 e. The van der Waals surface area contributed by atoms with E-state index in [1.165, 1.54) is 0 Å². The van der Waals surface area contributed by atoms with Crippen LogP contribution in [0, 0.1) is 0 Å². The molecule has 1 saturated heterocycles. The summed E-state index contributed by atoms with van der Waals surface area (Å²) < 4.78 is 36.1. The second kappa shape index (κ2) is 8.46. The number of alkyl halides is 3. The van der Waals surface area contributed by atoms with Crippen molar-refractivity contribution in [2.45, 2.75) is 12.3 Å². The predicted molar refractivity (Wildman–Crippen MR) is 83.3 cm³/mol. The topological polar surface area (TPSA) is 55.8 Å². The highest BCUT2D eigenvalue weighted by molar-refractivity contribution is 5.78. The van der Waals surface area contributed by atoms with E-state index < -0.39 is 24.7 Å². The van der Waals surface area contributed by atoms with Gasteiger partial charge in [0.05, 0.1) is 12.6 Å². The van der Waals surface area contributed by atoms with Gasteiger partial charge in [-0.1, -0.05) is 30.3 Å². The molecule has 1 aliphatic rings. The Labute approximate surface area is 139 Å². The van der Waals surface area contributed by atoms with Crippen molar-refractivity contribution >= 4 is 5.91 Å². The predicted octanol–water partition coefficient (Wildman–Crippen LogP) is 1.02. The second-order valence-corrected chi connectivity index (χ2v) is 5.90. The van der Waals surface area contributed by atoms with Crippen LogP contribution in [0.2, 0.25) is 0 Å². The summed E-state index contributed by atoms with van der Waals surface area (Å²) in [6, 6.07) is 9.36. The lowest BCUT2D eigenvalue weighted by molar-refractivity contribution is -0.139. The third-order valence-corrected chi connectivity index (χ3v) is 3.93. The first kappa shape index (κ1) is 18.7. The Kier molecular flexibility index (Phi) is 6.59. The van der Waals surface area contributed by atoms with E-state index in [2.05, 4.69) is 4.90 Å². The van der Waals surface area contributed by atoms with E-state index in [0.29, 0.717) is 32.7 Å². The first-order valence-electron chi connectivity index (χ1n) is 7.84. The Bertz CT molecular complexity index is 517. The van der Waals surface area contributed by atoms with Gasteiger partial charge in [-0.05, 0) is 5.56 Å². The van der Waals surface area contributed by atoms with Gasteiger partial charge >= 0.3 is 6.18 Å². The Morgan fingerprint density at radius 2 is 1.71 bits per heavy atom. The third-order valence-electron chi connectivity index (χ3n) is 3.93. The SMILES string of the molecule is O=C(CN1CCN(C[C@@H](O)c2ccccc2)CC1)NCC(F)(F)F. The Hall–Kier alpha value is -1.64. The summed E-state index contributed by atoms with van der Waals surface area (Å²) in [5, 5.41) is 12.1. The van der Waals surface area contributed by atoms with Gasteiger partial charge in [0, 0.05) is 32.7 Å². The van der Waals surface area contributed by atoms with Gasteiger partial charge in [-0.15, -0.1) is 0 Å². The van der Waals surface area contributed by atoms with Crippen molar-refractivity contribution in [1.82, 2.24) is 15.1 Å². The number of carbonyl (C=O) groups is 1. The molecule has 2 rings (SSSR count). The average molecular weight is 345 g/mol. The molecule has 134 valence electrons. The van der Waals surface area contributed by atoms with E-state index in [9.17, 15) is 23.1 Å². The van der Waals surface area contributed by atoms with Crippen LogP contribution >= 0.6 is 0 Å². The van der Waals surface area contributed by atoms with Crippen molar-refractivity contribution in [3.63, 3.8) is 0 Å². The number of β-amino-alcohol motifs (C(OH)–C–C–N with tert-alkyl or cyclic N) is 1. The summed E-state index contributed by atoms with van der Waals surface area (Å²) in [4.78, 5) is 15.4. The lowest BCUT2D eigenvalue weighted by Gasteiger charge is -2.35. The van der Waals surface area contributed by atoms with Crippen LogP contribution in [-0.4, -0.2) is 72.8 Å². The van der Waals surface area contributed by atoms with E-state index in [1.54, 1.807) is 0 Å². The van der Waals surface area contributed by atoms with Crippen LogP contribution in [0.4, 0.5) is 13.2 Å². The zero-order valence-electron chi connectivity index (χ0n) is 13.3. The molecular formula is C16H22F3N3O2. The minimum atomic E-state index is -4.39. The Balaban J connectivity index is 1.69. The first-order chi connectivity index (χ1) is 11.3. The molecule has 0 radical (unpaired) electrons. The zero-order chi connectivity index (χ0) is 17.6. The number of aliphatic hydroxyl groups excluding tert-OH is 1. The molecule has 1 aromatic rings. The largest absolute Gasteiger partial charge is 0.405 e. The van der Waals surface area contributed by atoms with Crippen LogP contribution in [0.1, 0.15) is 11.7 Å². The number of nitrogens with one attached hydrogen (secondary N) is 1. The monoisotopic (exact) mass is 345 g/mol. The van der Waals surface area contributed by atoms with Crippen molar-refractivity contribution in [3.8, 4) is 0 Å². The number of hydrogen-bond donors (Lipinski definition) is 2. The maximum Gasteiger partial charge on any atom is 0.405 e. The Morgan fingerprint density at radius 3 is 2.29 bits per heavy atom. The molecule has 1 fully saturated rings. The van der Waals surface area contributed by atoms with Gasteiger partial charge in [0.2, 0.25) is 5.91 Å². The highest BCUT2D eigenvalue weighted by Gasteiger charge is 2.28. The molecule has 0 aromatic heterocycles. The van der Waals surface area contributed by atoms with Gasteiger partial charge in [-0.2, -0.15) is 13.2 Å². The molecule has 0 saturated carbocycles. The molecule has 0 aliphatic carbocycles. The van der Waals surface area contributed by atoms with Gasteiger partial charge < -0.3 is 10.4 Å². The van der Waals surface area contributed by atoms with Gasteiger partial charge in [0.25, 0.3) is 0 Å². The van der Waals surface area contributed by atoms with Gasteiger partial charge in [-0.3, -0.25) is 14.6 Å². The maximum absolute atomic E-state index is 12.0. The molecule has 8 heteroatoms. The van der Waals surface area contributed by atoms with E-state index in [4.69, 9.17) is 0 Å². The number of benzene rings is 1. The van der Waals surface area contributed by atoms with Crippen molar-refractivity contribution in [2.75, 3.05) is 45.8 Å². The molecule has 24 heavy (non-hydrogen) atoms. The fourth-order valence-electron chi connectivity index (χ4n) is 2.61. The highest BCUT2D eigenvalue weighted by Crippen LogP contribution is 2.15. The van der Waals surface area contributed by atoms with Crippen molar-refractivity contribution in [3.05, 3.63) is 35.9 Å². The lowest BCUT2D eigenvalue weighted by atomic mass is 10.1. The summed E-state index contributed by atoms with van der Waals surface area (Å²) in [5.74, 6) is -0.620. The summed E-state index contributed by atoms with van der Waals surface area (Å²) in [6.07, 6.45) is -4.96. The number of carbonyl (C=O) groups excluding carboxylic acids is 1. The van der Waals surface area contributed by atoms with Crippen LogP contribution in [-0.2, 0) is 4.79 Å². The minimum absolute atomic E-state index is 0.0365. The number of halogens is 3. The molecule has 1 atom stereocenters. The molecule has 0 unspecified atom stereocenters. The summed E-state index contributed by atoms with van der Waals surface area (Å²) in [5.41, 5.74) is 0.853. The first-order valence-corrected chi connectivity index (χ1v) is 7.84. The summed E-state index contributed by atoms with van der Waals surface area (Å²) in [7, 11) is 0. The van der Waals surface area contributed by atoms with Crippen molar-refractivity contribution in [2.24, 2.45) is 0 Å². The fourth-order valence-corrected chi connectivity index (χ4v) is 2.61. The normalized spacial score (nSPS) is 18.3. The highest BCUT2D eigenvalue weighted by atomic mass is 19.4. The molecular weight excluding hydrogens is 323 g/mol. The van der Waals surface area contributed by atoms with E-state index in [-0.39, 0.29) is 6.54 Å². The lowest BCUT2D eigenvalue weighted by Crippen LogP contribution is -2.50. The third kappa shape index (κ3) is 6.46. The van der Waals surface area contributed by atoms with Gasteiger partial charge in [0.1, 0.15) is 6.54 Å². The quantitative estimate of drug-likeness (QED) is 0.808. The van der Waals surface area contributed by atoms with Crippen LogP contribution in [0.3, 0.4) is 0 Å². The van der Waals surface area contributed by atoms with E-state index >= 15 is 0 Å². The number of amides is 1. The second-order valence-electron chi connectivity index (χ2n) is 5.90. The van der Waals surface area contributed by atoms with Crippen LogP contribution in [0.5, 0.6) is 0 Å².